The molecule has 7 heteroatoms. The van der Waals surface area contributed by atoms with E-state index in [1.54, 1.807) is 18.2 Å². The van der Waals surface area contributed by atoms with E-state index in [4.69, 9.17) is 4.74 Å². The van der Waals surface area contributed by atoms with Crippen molar-refractivity contribution in [1.29, 1.82) is 0 Å². The summed E-state index contributed by atoms with van der Waals surface area (Å²) in [4.78, 5) is 14.5. The molecule has 0 saturated carbocycles. The zero-order chi connectivity index (χ0) is 14.8. The molecule has 0 radical (unpaired) electrons. The maximum absolute atomic E-state index is 13.1. The second kappa shape index (κ2) is 5.45. The Kier molecular flexibility index (Phi) is 3.49. The summed E-state index contributed by atoms with van der Waals surface area (Å²) >= 11 is 1.40. The average molecular weight is 304 g/mol. The van der Waals surface area contributed by atoms with E-state index >= 15 is 0 Å². The molecule has 1 heterocycles. The van der Waals surface area contributed by atoms with Crippen LogP contribution in [-0.4, -0.2) is 9.91 Å². The van der Waals surface area contributed by atoms with Gasteiger partial charge in [-0.1, -0.05) is 6.07 Å². The molecule has 0 aliphatic carbocycles. The van der Waals surface area contributed by atoms with Gasteiger partial charge < -0.3 is 4.74 Å². The molecule has 21 heavy (non-hydrogen) atoms. The molecule has 0 bridgehead atoms. The highest BCUT2D eigenvalue weighted by atomic mass is 32.1. The Labute approximate surface area is 122 Å². The summed E-state index contributed by atoms with van der Waals surface area (Å²) in [6, 6.07) is 10.4. The molecule has 0 spiro atoms. The minimum absolute atomic E-state index is 0.0288. The van der Waals surface area contributed by atoms with Gasteiger partial charge in [0, 0.05) is 12.1 Å². The molecule has 0 aliphatic heterocycles. The molecule has 0 aliphatic rings. The Morgan fingerprint density at radius 1 is 1.29 bits per heavy atom. The lowest BCUT2D eigenvalue weighted by atomic mass is 10.3. The third-order valence-corrected chi connectivity index (χ3v) is 3.79. The Morgan fingerprint density at radius 2 is 2.14 bits per heavy atom. The van der Waals surface area contributed by atoms with Crippen LogP contribution >= 0.6 is 11.3 Å². The maximum atomic E-state index is 13.1. The normalized spacial score (nSPS) is 10.7. The molecular formula is C14H9FN2O3S. The number of ether oxygens (including phenoxy) is 1. The number of nitrogens with zero attached hydrogens (tertiary/aromatic N) is 2. The number of hydrogen-bond donors (Lipinski definition) is 0. The van der Waals surface area contributed by atoms with Crippen molar-refractivity contribution in [3.8, 4) is 5.75 Å². The summed E-state index contributed by atoms with van der Waals surface area (Å²) < 4.78 is 19.4. The minimum atomic E-state index is -0.479. The number of nitro groups is 1. The number of benzene rings is 2. The highest BCUT2D eigenvalue weighted by Gasteiger charge is 2.08. The van der Waals surface area contributed by atoms with Crippen LogP contribution in [0.2, 0.25) is 0 Å². The minimum Gasteiger partial charge on any atom is -0.486 e. The van der Waals surface area contributed by atoms with E-state index in [0.29, 0.717) is 16.3 Å². The van der Waals surface area contributed by atoms with Crippen LogP contribution in [-0.2, 0) is 6.61 Å². The fourth-order valence-corrected chi connectivity index (χ4v) is 2.70. The molecule has 2 aromatic carbocycles. The monoisotopic (exact) mass is 304 g/mol. The van der Waals surface area contributed by atoms with E-state index in [1.807, 2.05) is 0 Å². The number of rotatable bonds is 4. The zero-order valence-electron chi connectivity index (χ0n) is 10.7. The first-order valence-electron chi connectivity index (χ1n) is 6.04. The van der Waals surface area contributed by atoms with E-state index in [0.717, 1.165) is 4.70 Å². The van der Waals surface area contributed by atoms with Crippen LogP contribution < -0.4 is 4.74 Å². The molecule has 3 rings (SSSR count). The fourth-order valence-electron chi connectivity index (χ4n) is 1.84. The smallest absolute Gasteiger partial charge is 0.273 e. The molecule has 0 unspecified atom stereocenters. The first-order chi connectivity index (χ1) is 10.1. The molecular weight excluding hydrogens is 295 g/mol. The van der Waals surface area contributed by atoms with Crippen molar-refractivity contribution >= 4 is 27.2 Å². The van der Waals surface area contributed by atoms with E-state index in [9.17, 15) is 14.5 Å². The summed E-state index contributed by atoms with van der Waals surface area (Å²) in [7, 11) is 0. The quantitative estimate of drug-likeness (QED) is 0.541. The lowest BCUT2D eigenvalue weighted by molar-refractivity contribution is -0.384. The standard InChI is InChI=1S/C14H9FN2O3S/c15-9-4-5-13-12(6-9)16-14(21-13)8-20-11-3-1-2-10(7-11)17(18)19/h1-7H,8H2. The number of nitro benzene ring substituents is 1. The highest BCUT2D eigenvalue weighted by Crippen LogP contribution is 2.25. The molecule has 5 nitrogen and oxygen atoms in total. The summed E-state index contributed by atoms with van der Waals surface area (Å²) in [6.07, 6.45) is 0. The van der Waals surface area contributed by atoms with Gasteiger partial charge in [0.2, 0.25) is 0 Å². The maximum Gasteiger partial charge on any atom is 0.273 e. The summed E-state index contributed by atoms with van der Waals surface area (Å²) in [5.74, 6) is 0.0635. The third kappa shape index (κ3) is 2.97. The number of non-ortho nitro benzene ring substituents is 1. The fraction of sp³-hybridized carbons (Fsp3) is 0.0714. The lowest BCUT2D eigenvalue weighted by Crippen LogP contribution is -1.95. The third-order valence-electron chi connectivity index (χ3n) is 2.78. The number of thiazole rings is 1. The zero-order valence-corrected chi connectivity index (χ0v) is 11.5. The summed E-state index contributed by atoms with van der Waals surface area (Å²) in [5.41, 5.74) is 0.552. The summed E-state index contributed by atoms with van der Waals surface area (Å²) in [6.45, 7) is 0.183. The van der Waals surface area contributed by atoms with Gasteiger partial charge in [-0.05, 0) is 18.2 Å². The van der Waals surface area contributed by atoms with Crippen LogP contribution in [0, 0.1) is 15.9 Å². The van der Waals surface area contributed by atoms with Gasteiger partial charge in [0.15, 0.2) is 0 Å². The van der Waals surface area contributed by atoms with Crippen LogP contribution in [0.25, 0.3) is 10.2 Å². The van der Waals surface area contributed by atoms with Crippen molar-refractivity contribution in [3.05, 3.63) is 63.4 Å². The van der Waals surface area contributed by atoms with Gasteiger partial charge in [-0.3, -0.25) is 10.1 Å². The topological polar surface area (TPSA) is 65.3 Å². The van der Waals surface area contributed by atoms with Gasteiger partial charge in [0.25, 0.3) is 5.69 Å². The van der Waals surface area contributed by atoms with Gasteiger partial charge in [-0.2, -0.15) is 0 Å². The largest absolute Gasteiger partial charge is 0.486 e. The van der Waals surface area contributed by atoms with Crippen LogP contribution in [0.4, 0.5) is 10.1 Å². The van der Waals surface area contributed by atoms with Crippen molar-refractivity contribution in [2.75, 3.05) is 0 Å². The Morgan fingerprint density at radius 3 is 2.95 bits per heavy atom. The van der Waals surface area contributed by atoms with Crippen molar-refractivity contribution in [3.63, 3.8) is 0 Å². The van der Waals surface area contributed by atoms with Gasteiger partial charge in [0.1, 0.15) is 23.2 Å². The highest BCUT2D eigenvalue weighted by molar-refractivity contribution is 7.18. The summed E-state index contributed by atoms with van der Waals surface area (Å²) in [5, 5.41) is 11.4. The van der Waals surface area contributed by atoms with Gasteiger partial charge >= 0.3 is 0 Å². The predicted octanol–water partition coefficient (Wildman–Crippen LogP) is 3.92. The van der Waals surface area contributed by atoms with Crippen molar-refractivity contribution in [2.45, 2.75) is 6.61 Å². The molecule has 0 N–H and O–H groups in total. The van der Waals surface area contributed by atoms with Crippen LogP contribution in [0.15, 0.2) is 42.5 Å². The van der Waals surface area contributed by atoms with Gasteiger partial charge in [-0.15, -0.1) is 11.3 Å². The van der Waals surface area contributed by atoms with Crippen molar-refractivity contribution in [1.82, 2.24) is 4.98 Å². The van der Waals surface area contributed by atoms with E-state index in [1.165, 1.54) is 35.6 Å². The second-order valence-corrected chi connectivity index (χ2v) is 5.38. The second-order valence-electron chi connectivity index (χ2n) is 4.26. The van der Waals surface area contributed by atoms with Crippen LogP contribution in [0.3, 0.4) is 0 Å². The molecule has 0 fully saturated rings. The number of aromatic nitrogens is 1. The Bertz CT molecular complexity index is 819. The Hall–Kier alpha value is -2.54. The van der Waals surface area contributed by atoms with Crippen molar-refractivity contribution in [2.24, 2.45) is 0 Å². The van der Waals surface area contributed by atoms with E-state index in [2.05, 4.69) is 4.98 Å². The van der Waals surface area contributed by atoms with Gasteiger partial charge in [0.05, 0.1) is 21.2 Å². The van der Waals surface area contributed by atoms with Crippen molar-refractivity contribution < 1.29 is 14.1 Å². The first-order valence-corrected chi connectivity index (χ1v) is 6.86. The number of halogens is 1. The van der Waals surface area contributed by atoms with E-state index in [-0.39, 0.29) is 18.1 Å². The number of fused-ring (bicyclic) bond motifs is 1. The predicted molar refractivity (Wildman–Crippen MR) is 77.0 cm³/mol. The van der Waals surface area contributed by atoms with Crippen LogP contribution in [0.5, 0.6) is 5.75 Å². The molecule has 3 aromatic rings. The molecule has 0 saturated heterocycles. The molecule has 106 valence electrons. The molecule has 0 amide bonds. The van der Waals surface area contributed by atoms with E-state index < -0.39 is 4.92 Å². The SMILES string of the molecule is O=[N+]([O-])c1cccc(OCc2nc3cc(F)ccc3s2)c1. The number of hydrogen-bond acceptors (Lipinski definition) is 5. The average Bonchev–Trinajstić information content (AvgIpc) is 2.87. The van der Waals surface area contributed by atoms with Gasteiger partial charge in [-0.25, -0.2) is 9.37 Å². The molecule has 1 aromatic heterocycles. The molecule has 0 atom stereocenters. The first kappa shape index (κ1) is 13.4. The van der Waals surface area contributed by atoms with Crippen LogP contribution in [0.1, 0.15) is 5.01 Å². The lowest BCUT2D eigenvalue weighted by Gasteiger charge is -2.03. The Balaban J connectivity index is 1.77.